The van der Waals surface area contributed by atoms with Crippen molar-refractivity contribution in [3.63, 3.8) is 0 Å². The van der Waals surface area contributed by atoms with Gasteiger partial charge < -0.3 is 16.9 Å². The van der Waals surface area contributed by atoms with Gasteiger partial charge in [-0.2, -0.15) is 0 Å². The van der Waals surface area contributed by atoms with Crippen molar-refractivity contribution in [3.05, 3.63) is 6.57 Å². The van der Waals surface area contributed by atoms with Crippen molar-refractivity contribution in [2.24, 2.45) is 0 Å². The second-order valence-corrected chi connectivity index (χ2v) is 1.08. The fourth-order valence-corrected chi connectivity index (χ4v) is 0.158. The molecule has 0 unspecified atom stereocenters. The summed E-state index contributed by atoms with van der Waals surface area (Å²) in [6.07, 6.45) is 2.04. The molecule has 1 N–H and O–H groups in total. The number of aliphatic hydroxyl groups is 1. The van der Waals surface area contributed by atoms with E-state index < -0.39 is 0 Å². The van der Waals surface area contributed by atoms with Crippen molar-refractivity contribution >= 4 is 0 Å². The molecule has 0 heterocycles. The molecule has 0 spiro atoms. The second kappa shape index (κ2) is 26.0. The van der Waals surface area contributed by atoms with Gasteiger partial charge in [0.1, 0.15) is 0 Å². The van der Waals surface area contributed by atoms with Crippen LogP contribution in [0.25, 0.3) is 0 Å². The van der Waals surface area contributed by atoms with Crippen LogP contribution < -0.4 is 29.6 Å². The summed E-state index contributed by atoms with van der Waals surface area (Å²) in [7, 11) is 0. The maximum atomic E-state index is 8.07. The summed E-state index contributed by atoms with van der Waals surface area (Å²) in [6.45, 7) is 7.15. The molecule has 42 valence electrons. The van der Waals surface area contributed by atoms with Gasteiger partial charge in [0.15, 0.2) is 0 Å². The number of unbranched alkanes of at least 4 members (excludes halogenated alkanes) is 1. The van der Waals surface area contributed by atoms with Crippen LogP contribution in [0, 0.1) is 11.8 Å². The minimum absolute atomic E-state index is 0. The smallest absolute Gasteiger partial charge is 0.512 e. The van der Waals surface area contributed by atoms with Gasteiger partial charge in [-0.05, 0) is 6.42 Å². The van der Waals surface area contributed by atoms with Crippen LogP contribution in [0.3, 0.4) is 0 Å². The van der Waals surface area contributed by atoms with Gasteiger partial charge in [0.05, 0.1) is 0 Å². The van der Waals surface area contributed by atoms with Gasteiger partial charge in [-0.3, -0.25) is 0 Å². The summed E-state index contributed by atoms with van der Waals surface area (Å²) < 4.78 is 0. The van der Waals surface area contributed by atoms with E-state index in [1.165, 1.54) is 0 Å². The van der Waals surface area contributed by atoms with Gasteiger partial charge in [0.25, 0.3) is 0 Å². The molecule has 0 atom stereocenters. The number of rotatable bonds is 2. The molecule has 0 radical (unpaired) electrons. The molecular weight excluding hydrogens is 113 g/mol. The SMILES string of the molecule is CCCCO.[C-]#N.[Na+]. The molecule has 0 bridgehead atoms. The quantitative estimate of drug-likeness (QED) is 0.337. The van der Waals surface area contributed by atoms with E-state index in [-0.39, 0.29) is 29.6 Å². The molecule has 0 saturated carbocycles. The van der Waals surface area contributed by atoms with Crippen LogP contribution in [-0.2, 0) is 0 Å². The topological polar surface area (TPSA) is 44.0 Å². The number of aliphatic hydroxyl groups excluding tert-OH is 1. The zero-order valence-corrected chi connectivity index (χ0v) is 7.52. The van der Waals surface area contributed by atoms with Gasteiger partial charge in [-0.25, -0.2) is 0 Å². The zero-order chi connectivity index (χ0) is 6.12. The van der Waals surface area contributed by atoms with Crippen molar-refractivity contribution in [1.82, 2.24) is 0 Å². The number of nitrogens with zero attached hydrogens (tertiary/aromatic N) is 1. The van der Waals surface area contributed by atoms with Gasteiger partial charge in [0, 0.05) is 6.61 Å². The van der Waals surface area contributed by atoms with Crippen molar-refractivity contribution in [1.29, 1.82) is 5.26 Å². The molecule has 2 nitrogen and oxygen atoms in total. The zero-order valence-electron chi connectivity index (χ0n) is 5.52. The van der Waals surface area contributed by atoms with E-state index in [2.05, 4.69) is 6.92 Å². The Kier molecular flexibility index (Phi) is 51.4. The van der Waals surface area contributed by atoms with Crippen LogP contribution in [0.15, 0.2) is 0 Å². The molecule has 0 aromatic carbocycles. The number of hydrogen-bond donors (Lipinski definition) is 1. The monoisotopic (exact) mass is 123 g/mol. The van der Waals surface area contributed by atoms with Gasteiger partial charge in [-0.1, -0.05) is 13.3 Å². The van der Waals surface area contributed by atoms with Crippen LogP contribution in [-0.4, -0.2) is 11.7 Å². The van der Waals surface area contributed by atoms with Gasteiger partial charge >= 0.3 is 29.6 Å². The van der Waals surface area contributed by atoms with Crippen LogP contribution >= 0.6 is 0 Å². The molecular formula is C5H10NNaO. The Bertz CT molecular complexity index is 36.7. The predicted molar refractivity (Wildman–Crippen MR) is 27.0 cm³/mol. The summed E-state index contributed by atoms with van der Waals surface area (Å²) >= 11 is 0. The normalized spacial score (nSPS) is 5.50. The standard InChI is InChI=1S/C4H10O.CN.Na/c1-2-3-4-5;1-2;/h5H,2-4H2,1H3;;/q;-1;+1. The maximum Gasteiger partial charge on any atom is 1.00 e. The fourth-order valence-electron chi connectivity index (χ4n) is 0.158. The molecule has 0 aliphatic heterocycles. The molecule has 0 fully saturated rings. The Morgan fingerprint density at radius 2 is 1.88 bits per heavy atom. The molecule has 0 aliphatic rings. The van der Waals surface area contributed by atoms with Crippen molar-refractivity contribution in [2.75, 3.05) is 6.61 Å². The van der Waals surface area contributed by atoms with E-state index in [9.17, 15) is 0 Å². The Balaban J connectivity index is -0.0000000750. The minimum Gasteiger partial charge on any atom is -0.512 e. The third kappa shape index (κ3) is 31.9. The third-order valence-corrected chi connectivity index (χ3v) is 0.512. The molecule has 3 heteroatoms. The van der Waals surface area contributed by atoms with Gasteiger partial charge in [-0.15, -0.1) is 0 Å². The van der Waals surface area contributed by atoms with Crippen LogP contribution in [0.5, 0.6) is 0 Å². The molecule has 0 saturated heterocycles. The average Bonchev–Trinajstić information content (AvgIpc) is 1.75. The van der Waals surface area contributed by atoms with E-state index in [4.69, 9.17) is 16.9 Å². The first-order valence-electron chi connectivity index (χ1n) is 2.25. The molecule has 0 aliphatic carbocycles. The van der Waals surface area contributed by atoms with Gasteiger partial charge in [0.2, 0.25) is 0 Å². The van der Waals surface area contributed by atoms with Crippen LogP contribution in [0.1, 0.15) is 19.8 Å². The summed E-state index contributed by atoms with van der Waals surface area (Å²) in [5.74, 6) is 0. The molecule has 0 amide bonds. The van der Waals surface area contributed by atoms with Crippen LogP contribution in [0.4, 0.5) is 0 Å². The molecule has 8 heavy (non-hydrogen) atoms. The van der Waals surface area contributed by atoms with Crippen molar-refractivity contribution < 1.29 is 34.7 Å². The minimum atomic E-state index is 0. The summed E-state index contributed by atoms with van der Waals surface area (Å²) in [5, 5.41) is 14.3. The van der Waals surface area contributed by atoms with Crippen LogP contribution in [0.2, 0.25) is 0 Å². The molecule has 0 aromatic heterocycles. The Hall–Kier alpha value is 0.450. The fraction of sp³-hybridized carbons (Fsp3) is 0.800. The molecule has 0 aromatic rings. The second-order valence-electron chi connectivity index (χ2n) is 1.08. The summed E-state index contributed by atoms with van der Waals surface area (Å²) in [4.78, 5) is 0. The first kappa shape index (κ1) is 15.8. The van der Waals surface area contributed by atoms with E-state index in [1.807, 2.05) is 0 Å². The maximum absolute atomic E-state index is 8.07. The summed E-state index contributed by atoms with van der Waals surface area (Å²) in [6, 6.07) is 0. The Morgan fingerprint density at radius 1 is 1.50 bits per heavy atom. The largest absolute Gasteiger partial charge is 1.00 e. The van der Waals surface area contributed by atoms with E-state index in [1.54, 1.807) is 0 Å². The van der Waals surface area contributed by atoms with E-state index in [0.29, 0.717) is 6.61 Å². The first-order chi connectivity index (χ1) is 3.41. The van der Waals surface area contributed by atoms with E-state index in [0.717, 1.165) is 12.8 Å². The third-order valence-electron chi connectivity index (χ3n) is 0.512. The summed E-state index contributed by atoms with van der Waals surface area (Å²) in [5.41, 5.74) is 0. The molecule has 0 rings (SSSR count). The Labute approximate surface area is 72.8 Å². The Morgan fingerprint density at radius 3 is 1.88 bits per heavy atom. The predicted octanol–water partition coefficient (Wildman–Crippen LogP) is -2.12. The first-order valence-corrected chi connectivity index (χ1v) is 2.25. The number of hydrogen-bond acceptors (Lipinski definition) is 2. The van der Waals surface area contributed by atoms with E-state index >= 15 is 0 Å². The van der Waals surface area contributed by atoms with Crippen molar-refractivity contribution in [2.45, 2.75) is 19.8 Å². The average molecular weight is 123 g/mol. The van der Waals surface area contributed by atoms with Crippen molar-refractivity contribution in [3.8, 4) is 0 Å².